The summed E-state index contributed by atoms with van der Waals surface area (Å²) in [6, 6.07) is 0. The highest BCUT2D eigenvalue weighted by molar-refractivity contribution is 5.11. The van der Waals surface area contributed by atoms with Crippen LogP contribution >= 0.6 is 0 Å². The Morgan fingerprint density at radius 2 is 2.23 bits per heavy atom. The summed E-state index contributed by atoms with van der Waals surface area (Å²) in [5, 5.41) is 10.4. The van der Waals surface area contributed by atoms with Gasteiger partial charge in [-0.2, -0.15) is 0 Å². The van der Waals surface area contributed by atoms with Crippen molar-refractivity contribution in [3.05, 3.63) is 12.7 Å². The van der Waals surface area contributed by atoms with Crippen LogP contribution < -0.4 is 0 Å². The molecule has 0 aromatic rings. The van der Waals surface area contributed by atoms with Crippen LogP contribution in [-0.4, -0.2) is 10.7 Å². The Morgan fingerprint density at radius 1 is 1.54 bits per heavy atom. The van der Waals surface area contributed by atoms with Crippen LogP contribution in [0.3, 0.4) is 0 Å². The Bertz CT molecular complexity index is 229. The molecule has 1 nitrogen and oxygen atoms in total. The number of fused-ring (bicyclic) bond motifs is 2. The molecule has 0 radical (unpaired) electrons. The first-order chi connectivity index (χ1) is 6.00. The second kappa shape index (κ2) is 2.60. The van der Waals surface area contributed by atoms with Crippen LogP contribution in [0.5, 0.6) is 0 Å². The highest BCUT2D eigenvalue weighted by Gasteiger charge is 2.59. The van der Waals surface area contributed by atoms with E-state index < -0.39 is 5.60 Å². The third-order valence-corrected chi connectivity index (χ3v) is 4.54. The maximum absolute atomic E-state index is 10.4. The molecule has 2 bridgehead atoms. The Morgan fingerprint density at radius 3 is 2.69 bits per heavy atom. The number of hydrogen-bond acceptors (Lipinski definition) is 1. The standard InChI is InChI=1S/C12H20O/c1-4-6-12(13)7-5-9-8-10(12)11(9,2)3/h4,9-10,13H,1,5-8H2,2-3H3. The first-order valence-electron chi connectivity index (χ1n) is 5.34. The summed E-state index contributed by atoms with van der Waals surface area (Å²) < 4.78 is 0. The van der Waals surface area contributed by atoms with Crippen molar-refractivity contribution in [1.29, 1.82) is 0 Å². The topological polar surface area (TPSA) is 20.2 Å². The van der Waals surface area contributed by atoms with E-state index in [1.807, 2.05) is 6.08 Å². The lowest BCUT2D eigenvalue weighted by atomic mass is 9.43. The van der Waals surface area contributed by atoms with Gasteiger partial charge in [-0.15, -0.1) is 6.58 Å². The number of hydrogen-bond donors (Lipinski definition) is 1. The van der Waals surface area contributed by atoms with Gasteiger partial charge in [0.05, 0.1) is 5.60 Å². The summed E-state index contributed by atoms with van der Waals surface area (Å²) in [6.07, 6.45) is 6.06. The zero-order valence-corrected chi connectivity index (χ0v) is 8.71. The average Bonchev–Trinajstić information content (AvgIpc) is 2.03. The maximum Gasteiger partial charge on any atom is 0.0715 e. The fourth-order valence-electron chi connectivity index (χ4n) is 3.51. The van der Waals surface area contributed by atoms with Crippen LogP contribution in [0.4, 0.5) is 0 Å². The zero-order chi connectivity index (χ0) is 9.69. The summed E-state index contributed by atoms with van der Waals surface area (Å²) in [7, 11) is 0. The molecule has 3 saturated carbocycles. The van der Waals surface area contributed by atoms with E-state index in [1.165, 1.54) is 12.8 Å². The highest BCUT2D eigenvalue weighted by Crippen LogP contribution is 2.63. The first kappa shape index (κ1) is 9.26. The van der Waals surface area contributed by atoms with Gasteiger partial charge in [0.2, 0.25) is 0 Å². The van der Waals surface area contributed by atoms with E-state index in [0.29, 0.717) is 11.3 Å². The molecule has 0 heterocycles. The van der Waals surface area contributed by atoms with Crippen LogP contribution in [0.25, 0.3) is 0 Å². The average molecular weight is 180 g/mol. The molecule has 0 aliphatic heterocycles. The Balaban J connectivity index is 2.19. The van der Waals surface area contributed by atoms with E-state index in [-0.39, 0.29) is 0 Å². The molecule has 3 atom stereocenters. The monoisotopic (exact) mass is 180 g/mol. The van der Waals surface area contributed by atoms with Crippen LogP contribution in [0.2, 0.25) is 0 Å². The summed E-state index contributed by atoms with van der Waals surface area (Å²) in [5.74, 6) is 1.37. The molecule has 0 aromatic carbocycles. The van der Waals surface area contributed by atoms with Crippen LogP contribution in [-0.2, 0) is 0 Å². The van der Waals surface area contributed by atoms with Crippen LogP contribution in [0.15, 0.2) is 12.7 Å². The minimum atomic E-state index is -0.431. The normalized spacial score (nSPS) is 46.7. The largest absolute Gasteiger partial charge is 0.389 e. The maximum atomic E-state index is 10.4. The Hall–Kier alpha value is -0.300. The third-order valence-electron chi connectivity index (χ3n) is 4.54. The van der Waals surface area contributed by atoms with E-state index in [9.17, 15) is 5.11 Å². The van der Waals surface area contributed by atoms with Crippen molar-refractivity contribution in [2.45, 2.75) is 45.1 Å². The Labute approximate surface area is 80.8 Å². The van der Waals surface area contributed by atoms with Gasteiger partial charge in [-0.05, 0) is 42.9 Å². The number of rotatable bonds is 2. The van der Waals surface area contributed by atoms with Crippen LogP contribution in [0.1, 0.15) is 39.5 Å². The first-order valence-corrected chi connectivity index (χ1v) is 5.34. The van der Waals surface area contributed by atoms with E-state index >= 15 is 0 Å². The van der Waals surface area contributed by atoms with Crippen molar-refractivity contribution in [3.8, 4) is 0 Å². The lowest BCUT2D eigenvalue weighted by Crippen LogP contribution is -2.61. The molecule has 13 heavy (non-hydrogen) atoms. The number of aliphatic hydroxyl groups is 1. The highest BCUT2D eigenvalue weighted by atomic mass is 16.3. The minimum absolute atomic E-state index is 0.371. The van der Waals surface area contributed by atoms with Gasteiger partial charge in [-0.1, -0.05) is 19.9 Å². The molecule has 0 amide bonds. The van der Waals surface area contributed by atoms with Gasteiger partial charge in [0.25, 0.3) is 0 Å². The van der Waals surface area contributed by atoms with Crippen molar-refractivity contribution in [3.63, 3.8) is 0 Å². The van der Waals surface area contributed by atoms with Crippen molar-refractivity contribution in [2.24, 2.45) is 17.3 Å². The van der Waals surface area contributed by atoms with Crippen molar-refractivity contribution < 1.29 is 5.11 Å². The Kier molecular flexibility index (Phi) is 1.85. The molecular formula is C12H20O. The molecule has 0 saturated heterocycles. The second-order valence-corrected chi connectivity index (χ2v) is 5.44. The van der Waals surface area contributed by atoms with Gasteiger partial charge >= 0.3 is 0 Å². The SMILES string of the molecule is C=CCC1(O)CCC2CC1C2(C)C. The van der Waals surface area contributed by atoms with Crippen LogP contribution in [0, 0.1) is 17.3 Å². The van der Waals surface area contributed by atoms with Gasteiger partial charge in [-0.3, -0.25) is 0 Å². The summed E-state index contributed by atoms with van der Waals surface area (Å²) in [4.78, 5) is 0. The molecule has 74 valence electrons. The fraction of sp³-hybridized carbons (Fsp3) is 0.833. The van der Waals surface area contributed by atoms with E-state index in [2.05, 4.69) is 20.4 Å². The van der Waals surface area contributed by atoms with Gasteiger partial charge in [0, 0.05) is 0 Å². The summed E-state index contributed by atoms with van der Waals surface area (Å²) in [6.45, 7) is 8.35. The van der Waals surface area contributed by atoms with E-state index in [4.69, 9.17) is 0 Å². The van der Waals surface area contributed by atoms with Crippen molar-refractivity contribution >= 4 is 0 Å². The van der Waals surface area contributed by atoms with Gasteiger partial charge < -0.3 is 5.11 Å². The summed E-state index contributed by atoms with van der Waals surface area (Å²) in [5.41, 5.74) is -0.0595. The molecule has 1 N–H and O–H groups in total. The molecule has 3 aliphatic rings. The smallest absolute Gasteiger partial charge is 0.0715 e. The summed E-state index contributed by atoms with van der Waals surface area (Å²) >= 11 is 0. The van der Waals surface area contributed by atoms with E-state index in [0.717, 1.165) is 18.8 Å². The predicted octanol–water partition coefficient (Wildman–Crippen LogP) is 2.75. The molecule has 1 heteroatoms. The molecule has 0 aromatic heterocycles. The van der Waals surface area contributed by atoms with Gasteiger partial charge in [0.1, 0.15) is 0 Å². The van der Waals surface area contributed by atoms with Crippen molar-refractivity contribution in [1.82, 2.24) is 0 Å². The van der Waals surface area contributed by atoms with Gasteiger partial charge in [0.15, 0.2) is 0 Å². The zero-order valence-electron chi connectivity index (χ0n) is 8.71. The third kappa shape index (κ3) is 1.10. The molecule has 0 spiro atoms. The van der Waals surface area contributed by atoms with Crippen molar-refractivity contribution in [2.75, 3.05) is 0 Å². The lowest BCUT2D eigenvalue weighted by molar-refractivity contribution is -0.200. The van der Waals surface area contributed by atoms with Gasteiger partial charge in [-0.25, -0.2) is 0 Å². The molecule has 3 aliphatic carbocycles. The molecule has 3 unspecified atom stereocenters. The molecule has 3 fully saturated rings. The quantitative estimate of drug-likeness (QED) is 0.648. The minimum Gasteiger partial charge on any atom is -0.389 e. The molecular weight excluding hydrogens is 160 g/mol. The fourth-order valence-corrected chi connectivity index (χ4v) is 3.51. The van der Waals surface area contributed by atoms with E-state index in [1.54, 1.807) is 0 Å². The predicted molar refractivity (Wildman–Crippen MR) is 54.4 cm³/mol. The lowest BCUT2D eigenvalue weighted by Gasteiger charge is -2.63. The molecule has 3 rings (SSSR count). The second-order valence-electron chi connectivity index (χ2n) is 5.44.